The number of halogens is 1. The summed E-state index contributed by atoms with van der Waals surface area (Å²) in [6, 6.07) is 7.41. The van der Waals surface area contributed by atoms with Crippen LogP contribution in [0.25, 0.3) is 0 Å². The van der Waals surface area contributed by atoms with Crippen molar-refractivity contribution >= 4 is 29.2 Å². The standard InChI is InChI=1S/C11H12ClN5/c12-7-3-1-6(2-4-7)5-8-9(13)16-11(15)17-10(8)14/h1-4H,5H2,(H6,13,14,15,16,17). The Labute approximate surface area is 104 Å². The Bertz CT molecular complexity index is 515. The van der Waals surface area contributed by atoms with Crippen LogP contribution in [-0.2, 0) is 6.42 Å². The number of benzene rings is 1. The summed E-state index contributed by atoms with van der Waals surface area (Å²) in [5.41, 5.74) is 18.7. The fourth-order valence-corrected chi connectivity index (χ4v) is 1.65. The van der Waals surface area contributed by atoms with Gasteiger partial charge < -0.3 is 17.2 Å². The fourth-order valence-electron chi connectivity index (χ4n) is 1.53. The lowest BCUT2D eigenvalue weighted by atomic mass is 10.1. The Morgan fingerprint density at radius 3 is 2.00 bits per heavy atom. The van der Waals surface area contributed by atoms with Gasteiger partial charge in [-0.1, -0.05) is 23.7 Å². The van der Waals surface area contributed by atoms with Crippen LogP contribution in [0, 0.1) is 0 Å². The van der Waals surface area contributed by atoms with Crippen molar-refractivity contribution in [2.24, 2.45) is 0 Å². The SMILES string of the molecule is Nc1nc(N)c(Cc2ccc(Cl)cc2)c(N)n1. The van der Waals surface area contributed by atoms with Crippen molar-refractivity contribution in [3.63, 3.8) is 0 Å². The number of rotatable bonds is 2. The highest BCUT2D eigenvalue weighted by atomic mass is 35.5. The number of hydrogen-bond acceptors (Lipinski definition) is 5. The summed E-state index contributed by atoms with van der Waals surface area (Å²) in [5.74, 6) is 0.703. The Balaban J connectivity index is 2.33. The van der Waals surface area contributed by atoms with Crippen molar-refractivity contribution in [2.45, 2.75) is 6.42 Å². The second-order valence-electron chi connectivity index (χ2n) is 3.63. The first-order valence-corrected chi connectivity index (χ1v) is 5.36. The highest BCUT2D eigenvalue weighted by Crippen LogP contribution is 2.21. The highest BCUT2D eigenvalue weighted by molar-refractivity contribution is 6.30. The smallest absolute Gasteiger partial charge is 0.223 e. The third-order valence-corrected chi connectivity index (χ3v) is 2.63. The first kappa shape index (κ1) is 11.5. The van der Waals surface area contributed by atoms with Crippen LogP contribution in [0.5, 0.6) is 0 Å². The summed E-state index contributed by atoms with van der Waals surface area (Å²) in [4.78, 5) is 7.77. The molecule has 0 fully saturated rings. The molecule has 0 saturated carbocycles. The first-order valence-electron chi connectivity index (χ1n) is 4.98. The van der Waals surface area contributed by atoms with Crippen LogP contribution in [0.4, 0.5) is 17.6 Å². The van der Waals surface area contributed by atoms with E-state index in [9.17, 15) is 0 Å². The molecule has 1 aromatic heterocycles. The van der Waals surface area contributed by atoms with E-state index < -0.39 is 0 Å². The van der Waals surface area contributed by atoms with Crippen LogP contribution in [-0.4, -0.2) is 9.97 Å². The number of hydrogen-bond donors (Lipinski definition) is 3. The van der Waals surface area contributed by atoms with Crippen LogP contribution in [0.1, 0.15) is 11.1 Å². The lowest BCUT2D eigenvalue weighted by molar-refractivity contribution is 1.10. The number of aromatic nitrogens is 2. The van der Waals surface area contributed by atoms with E-state index in [0.717, 1.165) is 5.56 Å². The van der Waals surface area contributed by atoms with Crippen molar-refractivity contribution in [1.82, 2.24) is 9.97 Å². The fraction of sp³-hybridized carbons (Fsp3) is 0.0909. The monoisotopic (exact) mass is 249 g/mol. The minimum absolute atomic E-state index is 0.0832. The van der Waals surface area contributed by atoms with Crippen molar-refractivity contribution in [3.05, 3.63) is 40.4 Å². The normalized spacial score (nSPS) is 10.4. The summed E-state index contributed by atoms with van der Waals surface area (Å²) in [7, 11) is 0. The number of nitrogen functional groups attached to an aromatic ring is 3. The molecule has 0 aliphatic carbocycles. The maximum Gasteiger partial charge on any atom is 0.223 e. The second kappa shape index (κ2) is 4.47. The van der Waals surface area contributed by atoms with Gasteiger partial charge in [0.2, 0.25) is 5.95 Å². The molecule has 1 aromatic carbocycles. The van der Waals surface area contributed by atoms with Gasteiger partial charge in [0.15, 0.2) is 0 Å². The van der Waals surface area contributed by atoms with Crippen molar-refractivity contribution in [3.8, 4) is 0 Å². The minimum atomic E-state index is 0.0832. The molecule has 0 amide bonds. The van der Waals surface area contributed by atoms with E-state index in [1.807, 2.05) is 12.1 Å². The van der Waals surface area contributed by atoms with Crippen LogP contribution >= 0.6 is 11.6 Å². The molecule has 5 nitrogen and oxygen atoms in total. The molecule has 0 unspecified atom stereocenters. The number of nitrogens with two attached hydrogens (primary N) is 3. The van der Waals surface area contributed by atoms with Gasteiger partial charge in [-0.25, -0.2) is 0 Å². The summed E-state index contributed by atoms with van der Waals surface area (Å²) < 4.78 is 0. The first-order chi connectivity index (χ1) is 8.06. The van der Waals surface area contributed by atoms with E-state index in [2.05, 4.69) is 9.97 Å². The van der Waals surface area contributed by atoms with Crippen molar-refractivity contribution < 1.29 is 0 Å². The van der Waals surface area contributed by atoms with E-state index in [-0.39, 0.29) is 5.95 Å². The zero-order chi connectivity index (χ0) is 12.4. The lowest BCUT2D eigenvalue weighted by Gasteiger charge is -2.08. The van der Waals surface area contributed by atoms with Gasteiger partial charge in [0.1, 0.15) is 11.6 Å². The summed E-state index contributed by atoms with van der Waals surface area (Å²) in [5, 5.41) is 0.684. The Morgan fingerprint density at radius 1 is 0.941 bits per heavy atom. The molecule has 0 bridgehead atoms. The predicted octanol–water partition coefficient (Wildman–Crippen LogP) is 1.47. The number of nitrogens with zero attached hydrogens (tertiary/aromatic N) is 2. The second-order valence-corrected chi connectivity index (χ2v) is 4.07. The minimum Gasteiger partial charge on any atom is -0.383 e. The number of anilines is 3. The summed E-state index contributed by atoms with van der Waals surface area (Å²) in [6.07, 6.45) is 0.551. The van der Waals surface area contributed by atoms with Crippen LogP contribution in [0.2, 0.25) is 5.02 Å². The van der Waals surface area contributed by atoms with Gasteiger partial charge in [-0.05, 0) is 17.7 Å². The summed E-state index contributed by atoms with van der Waals surface area (Å²) in [6.45, 7) is 0. The maximum absolute atomic E-state index is 5.81. The highest BCUT2D eigenvalue weighted by Gasteiger charge is 2.09. The van der Waals surface area contributed by atoms with Gasteiger partial charge in [0, 0.05) is 17.0 Å². The van der Waals surface area contributed by atoms with E-state index in [4.69, 9.17) is 28.8 Å². The molecule has 2 aromatic rings. The molecule has 0 radical (unpaired) electrons. The zero-order valence-electron chi connectivity index (χ0n) is 9.02. The van der Waals surface area contributed by atoms with Crippen LogP contribution in [0.15, 0.2) is 24.3 Å². The molecule has 6 N–H and O–H groups in total. The quantitative estimate of drug-likeness (QED) is 0.748. The molecule has 6 heteroatoms. The van der Waals surface area contributed by atoms with Crippen molar-refractivity contribution in [1.29, 1.82) is 0 Å². The Kier molecular flexibility index (Phi) is 3.01. The molecule has 2 rings (SSSR count). The Hall–Kier alpha value is -2.01. The molecule has 17 heavy (non-hydrogen) atoms. The molecule has 0 atom stereocenters. The zero-order valence-corrected chi connectivity index (χ0v) is 9.78. The molecule has 0 spiro atoms. The average Bonchev–Trinajstić information content (AvgIpc) is 2.26. The van der Waals surface area contributed by atoms with Gasteiger partial charge in [0.05, 0.1) is 0 Å². The molecule has 1 heterocycles. The summed E-state index contributed by atoms with van der Waals surface area (Å²) >= 11 is 5.81. The van der Waals surface area contributed by atoms with Crippen LogP contribution in [0.3, 0.4) is 0 Å². The third kappa shape index (κ3) is 2.57. The molecular formula is C11H12ClN5. The predicted molar refractivity (Wildman–Crippen MR) is 69.5 cm³/mol. The molecule has 0 aliphatic rings. The molecule has 0 saturated heterocycles. The van der Waals surface area contributed by atoms with E-state index in [0.29, 0.717) is 28.6 Å². The van der Waals surface area contributed by atoms with E-state index >= 15 is 0 Å². The topological polar surface area (TPSA) is 104 Å². The van der Waals surface area contributed by atoms with Gasteiger partial charge in [-0.15, -0.1) is 0 Å². The van der Waals surface area contributed by atoms with Gasteiger partial charge in [-0.2, -0.15) is 9.97 Å². The van der Waals surface area contributed by atoms with Crippen molar-refractivity contribution in [2.75, 3.05) is 17.2 Å². The van der Waals surface area contributed by atoms with E-state index in [1.54, 1.807) is 12.1 Å². The van der Waals surface area contributed by atoms with E-state index in [1.165, 1.54) is 0 Å². The lowest BCUT2D eigenvalue weighted by Crippen LogP contribution is -2.09. The average molecular weight is 250 g/mol. The van der Waals surface area contributed by atoms with Crippen LogP contribution < -0.4 is 17.2 Å². The molecular weight excluding hydrogens is 238 g/mol. The van der Waals surface area contributed by atoms with Gasteiger partial charge in [-0.3, -0.25) is 0 Å². The largest absolute Gasteiger partial charge is 0.383 e. The Morgan fingerprint density at radius 2 is 1.47 bits per heavy atom. The van der Waals surface area contributed by atoms with Gasteiger partial charge in [0.25, 0.3) is 0 Å². The maximum atomic E-state index is 5.81. The third-order valence-electron chi connectivity index (χ3n) is 2.38. The molecule has 0 aliphatic heterocycles. The van der Waals surface area contributed by atoms with Gasteiger partial charge >= 0.3 is 0 Å². The molecule has 88 valence electrons.